The monoisotopic (exact) mass is 312 g/mol. The standard InChI is InChI=1S/C18H20N2O3/c1-18(2,17(21)20-12-13-5-7-19-8-6-13)14-3-4-15-16(11-14)23-10-9-22-15/h3-8,11H,9-10,12H2,1-2H3,(H,20,21). The molecule has 1 aromatic heterocycles. The molecule has 0 bridgehead atoms. The van der Waals surface area contributed by atoms with Crippen LogP contribution in [0.25, 0.3) is 0 Å². The maximum absolute atomic E-state index is 12.6. The van der Waals surface area contributed by atoms with E-state index in [1.165, 1.54) is 0 Å². The van der Waals surface area contributed by atoms with Gasteiger partial charge in [-0.1, -0.05) is 6.07 Å². The molecule has 5 nitrogen and oxygen atoms in total. The van der Waals surface area contributed by atoms with Gasteiger partial charge >= 0.3 is 0 Å². The molecule has 0 aliphatic carbocycles. The van der Waals surface area contributed by atoms with Crippen molar-refractivity contribution >= 4 is 5.91 Å². The average molecular weight is 312 g/mol. The molecular weight excluding hydrogens is 292 g/mol. The lowest BCUT2D eigenvalue weighted by Gasteiger charge is -2.26. The first-order chi connectivity index (χ1) is 11.1. The summed E-state index contributed by atoms with van der Waals surface area (Å²) in [6.07, 6.45) is 3.43. The van der Waals surface area contributed by atoms with Crippen LogP contribution in [0.15, 0.2) is 42.7 Å². The maximum Gasteiger partial charge on any atom is 0.230 e. The van der Waals surface area contributed by atoms with Crippen molar-refractivity contribution in [3.63, 3.8) is 0 Å². The molecule has 1 aliphatic rings. The van der Waals surface area contributed by atoms with Crippen LogP contribution in [-0.4, -0.2) is 24.1 Å². The summed E-state index contributed by atoms with van der Waals surface area (Å²) in [6, 6.07) is 9.44. The Morgan fingerprint density at radius 3 is 2.57 bits per heavy atom. The topological polar surface area (TPSA) is 60.5 Å². The Hall–Kier alpha value is -2.56. The fraction of sp³-hybridized carbons (Fsp3) is 0.333. The molecule has 0 fully saturated rings. The summed E-state index contributed by atoms with van der Waals surface area (Å²) in [7, 11) is 0. The van der Waals surface area contributed by atoms with Gasteiger partial charge in [-0.3, -0.25) is 9.78 Å². The molecule has 1 N–H and O–H groups in total. The third-order valence-electron chi connectivity index (χ3n) is 4.03. The Kier molecular flexibility index (Phi) is 4.19. The van der Waals surface area contributed by atoms with Gasteiger partial charge in [0, 0.05) is 18.9 Å². The van der Waals surface area contributed by atoms with Crippen molar-refractivity contribution in [1.29, 1.82) is 0 Å². The quantitative estimate of drug-likeness (QED) is 0.942. The highest BCUT2D eigenvalue weighted by Gasteiger charge is 2.31. The summed E-state index contributed by atoms with van der Waals surface area (Å²) in [5.41, 5.74) is 1.25. The highest BCUT2D eigenvalue weighted by Crippen LogP contribution is 2.35. The number of rotatable bonds is 4. The van der Waals surface area contributed by atoms with E-state index in [1.807, 2.05) is 44.2 Å². The molecule has 1 aromatic carbocycles. The number of hydrogen-bond acceptors (Lipinski definition) is 4. The summed E-state index contributed by atoms with van der Waals surface area (Å²) in [6.45, 7) is 5.38. The van der Waals surface area contributed by atoms with Crippen LogP contribution in [0.5, 0.6) is 11.5 Å². The number of nitrogens with one attached hydrogen (secondary N) is 1. The number of pyridine rings is 1. The van der Waals surface area contributed by atoms with Crippen molar-refractivity contribution in [3.05, 3.63) is 53.9 Å². The molecule has 0 atom stereocenters. The van der Waals surface area contributed by atoms with E-state index in [9.17, 15) is 4.79 Å². The van der Waals surface area contributed by atoms with Gasteiger partial charge in [0.15, 0.2) is 11.5 Å². The number of aromatic nitrogens is 1. The first-order valence-corrected chi connectivity index (χ1v) is 7.65. The van der Waals surface area contributed by atoms with Gasteiger partial charge in [0.1, 0.15) is 13.2 Å². The van der Waals surface area contributed by atoms with Gasteiger partial charge in [-0.15, -0.1) is 0 Å². The second-order valence-corrected chi connectivity index (χ2v) is 6.02. The van der Waals surface area contributed by atoms with E-state index in [-0.39, 0.29) is 5.91 Å². The van der Waals surface area contributed by atoms with Crippen LogP contribution in [0, 0.1) is 0 Å². The highest BCUT2D eigenvalue weighted by atomic mass is 16.6. The van der Waals surface area contributed by atoms with Crippen LogP contribution in [-0.2, 0) is 16.8 Å². The van der Waals surface area contributed by atoms with Crippen LogP contribution in [0.4, 0.5) is 0 Å². The predicted octanol–water partition coefficient (Wildman–Crippen LogP) is 2.45. The Balaban J connectivity index is 1.73. The van der Waals surface area contributed by atoms with Crippen molar-refractivity contribution < 1.29 is 14.3 Å². The van der Waals surface area contributed by atoms with Crippen molar-refractivity contribution in [2.45, 2.75) is 25.8 Å². The molecule has 23 heavy (non-hydrogen) atoms. The number of carbonyl (C=O) groups is 1. The van der Waals surface area contributed by atoms with Gasteiger partial charge < -0.3 is 14.8 Å². The van der Waals surface area contributed by atoms with E-state index in [2.05, 4.69) is 10.3 Å². The molecule has 2 heterocycles. The number of ether oxygens (including phenoxy) is 2. The zero-order valence-corrected chi connectivity index (χ0v) is 13.3. The van der Waals surface area contributed by atoms with E-state index < -0.39 is 5.41 Å². The van der Waals surface area contributed by atoms with Crippen molar-refractivity contribution in [3.8, 4) is 11.5 Å². The smallest absolute Gasteiger partial charge is 0.230 e. The Labute approximate surface area is 135 Å². The zero-order valence-electron chi connectivity index (χ0n) is 13.3. The van der Waals surface area contributed by atoms with Crippen LogP contribution in [0.1, 0.15) is 25.0 Å². The van der Waals surface area contributed by atoms with E-state index in [4.69, 9.17) is 9.47 Å². The molecule has 120 valence electrons. The second-order valence-electron chi connectivity index (χ2n) is 6.02. The molecular formula is C18H20N2O3. The van der Waals surface area contributed by atoms with Gasteiger partial charge in [0.25, 0.3) is 0 Å². The normalized spacial score (nSPS) is 13.5. The third kappa shape index (κ3) is 3.28. The van der Waals surface area contributed by atoms with Gasteiger partial charge in [-0.05, 0) is 49.2 Å². The fourth-order valence-electron chi connectivity index (χ4n) is 2.47. The fourth-order valence-corrected chi connectivity index (χ4v) is 2.47. The van der Waals surface area contributed by atoms with Gasteiger partial charge in [-0.25, -0.2) is 0 Å². The molecule has 1 aliphatic heterocycles. The summed E-state index contributed by atoms with van der Waals surface area (Å²) < 4.78 is 11.1. The van der Waals surface area contributed by atoms with Gasteiger partial charge in [-0.2, -0.15) is 0 Å². The number of fused-ring (bicyclic) bond motifs is 1. The molecule has 3 rings (SSSR count). The number of nitrogens with zero attached hydrogens (tertiary/aromatic N) is 1. The first-order valence-electron chi connectivity index (χ1n) is 7.65. The van der Waals surface area contributed by atoms with Gasteiger partial charge in [0.2, 0.25) is 5.91 Å². The summed E-state index contributed by atoms with van der Waals surface area (Å²) in [5.74, 6) is 1.39. The number of benzene rings is 1. The minimum atomic E-state index is -0.664. The third-order valence-corrected chi connectivity index (χ3v) is 4.03. The summed E-state index contributed by atoms with van der Waals surface area (Å²) in [4.78, 5) is 16.6. The highest BCUT2D eigenvalue weighted by molar-refractivity contribution is 5.87. The molecule has 0 saturated carbocycles. The number of hydrogen-bond donors (Lipinski definition) is 1. The molecule has 0 unspecified atom stereocenters. The number of amides is 1. The Morgan fingerprint density at radius 1 is 1.13 bits per heavy atom. The van der Waals surface area contributed by atoms with E-state index in [1.54, 1.807) is 12.4 Å². The average Bonchev–Trinajstić information content (AvgIpc) is 2.60. The van der Waals surface area contributed by atoms with Crippen LogP contribution in [0.2, 0.25) is 0 Å². The lowest BCUT2D eigenvalue weighted by atomic mass is 9.83. The molecule has 0 spiro atoms. The van der Waals surface area contributed by atoms with Crippen molar-refractivity contribution in [2.24, 2.45) is 0 Å². The molecule has 0 saturated heterocycles. The van der Waals surface area contributed by atoms with E-state index in [0.717, 1.165) is 16.9 Å². The largest absolute Gasteiger partial charge is 0.486 e. The lowest BCUT2D eigenvalue weighted by molar-refractivity contribution is -0.125. The van der Waals surface area contributed by atoms with E-state index >= 15 is 0 Å². The molecule has 5 heteroatoms. The van der Waals surface area contributed by atoms with E-state index in [0.29, 0.717) is 25.5 Å². The molecule has 0 radical (unpaired) electrons. The van der Waals surface area contributed by atoms with Crippen molar-refractivity contribution in [2.75, 3.05) is 13.2 Å². The summed E-state index contributed by atoms with van der Waals surface area (Å²) in [5, 5.41) is 2.98. The van der Waals surface area contributed by atoms with Crippen LogP contribution < -0.4 is 14.8 Å². The number of carbonyl (C=O) groups excluding carboxylic acids is 1. The molecule has 2 aromatic rings. The lowest BCUT2D eigenvalue weighted by Crippen LogP contribution is -2.39. The maximum atomic E-state index is 12.6. The SMILES string of the molecule is CC(C)(C(=O)NCc1ccncc1)c1ccc2c(c1)OCCO2. The van der Waals surface area contributed by atoms with Crippen LogP contribution in [0.3, 0.4) is 0 Å². The second kappa shape index (κ2) is 6.28. The summed E-state index contributed by atoms with van der Waals surface area (Å²) >= 11 is 0. The predicted molar refractivity (Wildman–Crippen MR) is 86.5 cm³/mol. The Bertz CT molecular complexity index is 699. The first kappa shape index (κ1) is 15.3. The minimum absolute atomic E-state index is 0.0361. The van der Waals surface area contributed by atoms with Gasteiger partial charge in [0.05, 0.1) is 5.41 Å². The Morgan fingerprint density at radius 2 is 1.83 bits per heavy atom. The zero-order chi connectivity index (χ0) is 16.3. The minimum Gasteiger partial charge on any atom is -0.486 e. The van der Waals surface area contributed by atoms with Crippen LogP contribution >= 0.6 is 0 Å². The molecule has 1 amide bonds. The van der Waals surface area contributed by atoms with Crippen molar-refractivity contribution in [1.82, 2.24) is 10.3 Å².